The lowest BCUT2D eigenvalue weighted by Gasteiger charge is -2.18. The van der Waals surface area contributed by atoms with Crippen LogP contribution in [0, 0.1) is 0 Å². The van der Waals surface area contributed by atoms with E-state index in [0.717, 1.165) is 12.1 Å². The lowest BCUT2D eigenvalue weighted by atomic mass is 10.0. The van der Waals surface area contributed by atoms with Crippen molar-refractivity contribution in [2.75, 3.05) is 0 Å². The smallest absolute Gasteiger partial charge is 0.125 e. The summed E-state index contributed by atoms with van der Waals surface area (Å²) in [5, 5.41) is 0. The first-order chi connectivity index (χ1) is 17.1. The van der Waals surface area contributed by atoms with Crippen molar-refractivity contribution in [1.82, 2.24) is 9.97 Å². The predicted octanol–water partition coefficient (Wildman–Crippen LogP) is 3.45. The van der Waals surface area contributed by atoms with E-state index in [0.29, 0.717) is 11.4 Å². The molecule has 0 aliphatic carbocycles. The second-order valence-corrected chi connectivity index (χ2v) is 9.99. The van der Waals surface area contributed by atoms with Gasteiger partial charge in [-0.05, 0) is 48.5 Å². The van der Waals surface area contributed by atoms with Crippen LogP contribution in [-0.4, -0.2) is 48.3 Å². The molecule has 182 valence electrons. The van der Waals surface area contributed by atoms with Gasteiger partial charge in [0.05, 0.1) is 45.0 Å². The molecule has 12 heteroatoms. The summed E-state index contributed by atoms with van der Waals surface area (Å²) in [6.07, 6.45) is 5.84. The van der Waals surface area contributed by atoms with Gasteiger partial charge in [-0.3, -0.25) is 20.0 Å². The van der Waals surface area contributed by atoms with Crippen LogP contribution in [0.2, 0.25) is 0 Å². The monoisotopic (exact) mass is 520 g/mol. The summed E-state index contributed by atoms with van der Waals surface area (Å²) in [6, 6.07) is 17.5. The number of aromatic nitrogens is 2. The third kappa shape index (κ3) is 6.12. The number of benzene rings is 2. The normalized spacial score (nSPS) is 12.4. The Bertz CT molecular complexity index is 1550. The first kappa shape index (κ1) is 25.0. The SMILES string of the molecule is O=S(=O)([O-])c1cc(N=Cc2ccccn2)ccc1-c1ccc(N=Cc2ccccn2)cc1S(=O)(=O)[O-]. The Hall–Kier alpha value is -4.10. The fourth-order valence-electron chi connectivity index (χ4n) is 3.23. The van der Waals surface area contributed by atoms with Crippen molar-refractivity contribution in [3.8, 4) is 11.1 Å². The van der Waals surface area contributed by atoms with Crippen LogP contribution in [0.3, 0.4) is 0 Å². The molecule has 0 saturated heterocycles. The van der Waals surface area contributed by atoms with Gasteiger partial charge in [0.25, 0.3) is 0 Å². The van der Waals surface area contributed by atoms with E-state index in [9.17, 15) is 25.9 Å². The minimum atomic E-state index is -5.08. The maximum atomic E-state index is 12.1. The molecule has 2 aromatic carbocycles. The van der Waals surface area contributed by atoms with Crippen LogP contribution in [0.1, 0.15) is 11.4 Å². The van der Waals surface area contributed by atoms with Gasteiger partial charge in [0.2, 0.25) is 0 Å². The zero-order valence-electron chi connectivity index (χ0n) is 18.3. The number of rotatable bonds is 7. The van der Waals surface area contributed by atoms with Crippen molar-refractivity contribution >= 4 is 44.0 Å². The van der Waals surface area contributed by atoms with Gasteiger partial charge in [0.15, 0.2) is 0 Å². The molecular formula is C24H16N4O6S2-2. The molecule has 0 bridgehead atoms. The Morgan fingerprint density at radius 3 is 1.36 bits per heavy atom. The first-order valence-corrected chi connectivity index (χ1v) is 13.0. The number of nitrogens with zero attached hydrogens (tertiary/aromatic N) is 4. The average molecular weight is 521 g/mol. The molecule has 2 aromatic heterocycles. The van der Waals surface area contributed by atoms with Crippen molar-refractivity contribution in [3.63, 3.8) is 0 Å². The van der Waals surface area contributed by atoms with Gasteiger partial charge in [-0.15, -0.1) is 0 Å². The molecular weight excluding hydrogens is 504 g/mol. The molecule has 0 unspecified atom stereocenters. The van der Waals surface area contributed by atoms with E-state index in [2.05, 4.69) is 20.0 Å². The second-order valence-electron chi connectivity index (χ2n) is 7.29. The van der Waals surface area contributed by atoms with E-state index in [1.807, 2.05) is 0 Å². The Morgan fingerprint density at radius 2 is 1.03 bits per heavy atom. The molecule has 36 heavy (non-hydrogen) atoms. The van der Waals surface area contributed by atoms with Gasteiger partial charge >= 0.3 is 0 Å². The minimum absolute atomic E-state index is 0.113. The fraction of sp³-hybridized carbons (Fsp3) is 0. The van der Waals surface area contributed by atoms with Crippen LogP contribution in [-0.2, 0) is 20.2 Å². The van der Waals surface area contributed by atoms with Crippen molar-refractivity contribution < 1.29 is 25.9 Å². The molecule has 0 saturated carbocycles. The number of hydrogen-bond donors (Lipinski definition) is 0. The number of pyridine rings is 2. The van der Waals surface area contributed by atoms with Crippen molar-refractivity contribution in [1.29, 1.82) is 0 Å². The molecule has 0 spiro atoms. The highest BCUT2D eigenvalue weighted by molar-refractivity contribution is 7.86. The molecule has 0 atom stereocenters. The first-order valence-electron chi connectivity index (χ1n) is 10.2. The standard InChI is InChI=1S/C24H18N4O6S2/c29-35(30,31)23-13-17(27-15-19-5-1-3-11-25-19)7-9-21(23)22-10-8-18(14-24(22)36(32,33)34)28-16-20-6-2-4-12-26-20/h1-16H,(H,29,30,31)(H,32,33,34)/p-2. The highest BCUT2D eigenvalue weighted by atomic mass is 32.2. The molecule has 4 aromatic rings. The zero-order valence-corrected chi connectivity index (χ0v) is 19.9. The fourth-order valence-corrected chi connectivity index (χ4v) is 4.65. The van der Waals surface area contributed by atoms with Crippen LogP contribution < -0.4 is 0 Å². The maximum Gasteiger partial charge on any atom is 0.125 e. The van der Waals surface area contributed by atoms with Gasteiger partial charge in [-0.1, -0.05) is 24.3 Å². The molecule has 0 fully saturated rings. The van der Waals surface area contributed by atoms with Gasteiger partial charge in [-0.25, -0.2) is 16.8 Å². The Morgan fingerprint density at radius 1 is 0.611 bits per heavy atom. The lowest BCUT2D eigenvalue weighted by molar-refractivity contribution is 0.460. The molecule has 0 radical (unpaired) electrons. The van der Waals surface area contributed by atoms with Crippen LogP contribution in [0.15, 0.2) is 105 Å². The third-order valence-electron chi connectivity index (χ3n) is 4.83. The van der Waals surface area contributed by atoms with Crippen LogP contribution in [0.25, 0.3) is 11.1 Å². The Balaban J connectivity index is 1.80. The van der Waals surface area contributed by atoms with Crippen LogP contribution >= 0.6 is 0 Å². The van der Waals surface area contributed by atoms with E-state index in [4.69, 9.17) is 0 Å². The van der Waals surface area contributed by atoms with Crippen LogP contribution in [0.5, 0.6) is 0 Å². The van der Waals surface area contributed by atoms with Gasteiger partial charge in [0.1, 0.15) is 20.2 Å². The van der Waals surface area contributed by atoms with Crippen molar-refractivity contribution in [3.05, 3.63) is 96.6 Å². The van der Waals surface area contributed by atoms with Gasteiger partial charge < -0.3 is 9.11 Å². The van der Waals surface area contributed by atoms with E-state index in [1.165, 1.54) is 36.7 Å². The third-order valence-corrected chi connectivity index (χ3v) is 6.58. The van der Waals surface area contributed by atoms with E-state index >= 15 is 0 Å². The highest BCUT2D eigenvalue weighted by Crippen LogP contribution is 2.36. The molecule has 0 aliphatic heterocycles. The quantitative estimate of drug-likeness (QED) is 0.264. The molecule has 0 N–H and O–H groups in total. The second kappa shape index (κ2) is 10.3. The molecule has 0 amide bonds. The van der Waals surface area contributed by atoms with Crippen molar-refractivity contribution in [2.24, 2.45) is 9.98 Å². The Labute approximate surface area is 207 Å². The molecule has 2 heterocycles. The van der Waals surface area contributed by atoms with Crippen LogP contribution in [0.4, 0.5) is 11.4 Å². The molecule has 4 rings (SSSR count). The van der Waals surface area contributed by atoms with E-state index < -0.39 is 30.0 Å². The number of aliphatic imine (C=N–C) groups is 2. The van der Waals surface area contributed by atoms with E-state index in [1.54, 1.807) is 48.8 Å². The molecule has 10 nitrogen and oxygen atoms in total. The summed E-state index contributed by atoms with van der Waals surface area (Å²) in [7, 11) is -10.2. The topological polar surface area (TPSA) is 165 Å². The summed E-state index contributed by atoms with van der Waals surface area (Å²) in [5.41, 5.74) is 0.709. The zero-order chi connectivity index (χ0) is 25.8. The largest absolute Gasteiger partial charge is 0.744 e. The van der Waals surface area contributed by atoms with Gasteiger partial charge in [-0.2, -0.15) is 0 Å². The highest BCUT2D eigenvalue weighted by Gasteiger charge is 2.18. The minimum Gasteiger partial charge on any atom is -0.744 e. The predicted molar refractivity (Wildman–Crippen MR) is 131 cm³/mol. The van der Waals surface area contributed by atoms with Gasteiger partial charge in [0, 0.05) is 23.5 Å². The lowest BCUT2D eigenvalue weighted by Crippen LogP contribution is -2.05. The summed E-state index contributed by atoms with van der Waals surface area (Å²) in [4.78, 5) is 14.9. The maximum absolute atomic E-state index is 12.1. The summed E-state index contributed by atoms with van der Waals surface area (Å²) in [6.45, 7) is 0. The summed E-state index contributed by atoms with van der Waals surface area (Å²) < 4.78 is 72.4. The van der Waals surface area contributed by atoms with Crippen molar-refractivity contribution in [2.45, 2.75) is 9.79 Å². The van der Waals surface area contributed by atoms with E-state index in [-0.39, 0.29) is 22.5 Å². The number of hydrogen-bond acceptors (Lipinski definition) is 10. The summed E-state index contributed by atoms with van der Waals surface area (Å²) >= 11 is 0. The molecule has 0 aliphatic rings. The average Bonchev–Trinajstić information content (AvgIpc) is 2.86. The summed E-state index contributed by atoms with van der Waals surface area (Å²) in [5.74, 6) is 0. The Kier molecular flexibility index (Phi) is 7.12.